The van der Waals surface area contributed by atoms with Crippen LogP contribution < -0.4 is 5.73 Å². The van der Waals surface area contributed by atoms with Crippen LogP contribution in [0.3, 0.4) is 0 Å². The Morgan fingerprint density at radius 2 is 1.93 bits per heavy atom. The predicted octanol–water partition coefficient (Wildman–Crippen LogP) is 2.41. The first kappa shape index (κ1) is 9.69. The third kappa shape index (κ3) is 1.56. The summed E-state index contributed by atoms with van der Waals surface area (Å²) in [6, 6.07) is 8.37. The third-order valence-electron chi connectivity index (χ3n) is 2.76. The summed E-state index contributed by atoms with van der Waals surface area (Å²) in [5, 5.41) is 0. The van der Waals surface area contributed by atoms with Gasteiger partial charge < -0.3 is 10.5 Å². The van der Waals surface area contributed by atoms with Gasteiger partial charge in [0.15, 0.2) is 0 Å². The maximum absolute atomic E-state index is 5.98. The molecular weight excluding hydrogens is 174 g/mol. The van der Waals surface area contributed by atoms with Gasteiger partial charge in [0.1, 0.15) is 0 Å². The molecule has 0 saturated carbocycles. The van der Waals surface area contributed by atoms with Crippen LogP contribution in [0.5, 0.6) is 0 Å². The molecule has 0 radical (unpaired) electrons. The number of benzene rings is 1. The van der Waals surface area contributed by atoms with Crippen LogP contribution in [0.15, 0.2) is 24.3 Å². The second-order valence-electron chi connectivity index (χ2n) is 4.23. The summed E-state index contributed by atoms with van der Waals surface area (Å²) in [5.74, 6) is 0.503. The minimum absolute atomic E-state index is 0.0428. The van der Waals surface area contributed by atoms with Crippen LogP contribution in [0.25, 0.3) is 0 Å². The van der Waals surface area contributed by atoms with E-state index >= 15 is 0 Å². The van der Waals surface area contributed by atoms with Gasteiger partial charge >= 0.3 is 0 Å². The molecule has 0 aliphatic carbocycles. The molecule has 0 fully saturated rings. The molecule has 0 bridgehead atoms. The van der Waals surface area contributed by atoms with Crippen LogP contribution in [0, 0.1) is 5.92 Å². The molecule has 2 unspecified atom stereocenters. The van der Waals surface area contributed by atoms with Gasteiger partial charge in [0.2, 0.25) is 0 Å². The van der Waals surface area contributed by atoms with Gasteiger partial charge in [-0.25, -0.2) is 0 Å². The smallest absolute Gasteiger partial charge is 0.0852 e. The monoisotopic (exact) mass is 191 g/mol. The van der Waals surface area contributed by atoms with Gasteiger partial charge in [0.25, 0.3) is 0 Å². The maximum Gasteiger partial charge on any atom is 0.0852 e. The van der Waals surface area contributed by atoms with Gasteiger partial charge in [-0.2, -0.15) is 0 Å². The lowest BCUT2D eigenvalue weighted by Gasteiger charge is -2.32. The van der Waals surface area contributed by atoms with Crippen LogP contribution in [0.2, 0.25) is 0 Å². The lowest BCUT2D eigenvalue weighted by atomic mass is 9.89. The summed E-state index contributed by atoms with van der Waals surface area (Å²) in [5.41, 5.74) is 8.50. The summed E-state index contributed by atoms with van der Waals surface area (Å²) in [4.78, 5) is 0. The first-order valence-electron chi connectivity index (χ1n) is 5.16. The van der Waals surface area contributed by atoms with Crippen LogP contribution in [-0.4, -0.2) is 6.61 Å². The standard InChI is InChI=1S/C12H17NO/c1-8(2)12-10-6-4-3-5-9(10)11(13)7-14-12/h3-6,8,11-12H,7,13H2,1-2H3. The summed E-state index contributed by atoms with van der Waals surface area (Å²) in [6.45, 7) is 5.00. The van der Waals surface area contributed by atoms with Crippen molar-refractivity contribution < 1.29 is 4.74 Å². The normalized spacial score (nSPS) is 26.3. The van der Waals surface area contributed by atoms with E-state index in [1.807, 2.05) is 6.07 Å². The summed E-state index contributed by atoms with van der Waals surface area (Å²) in [6.07, 6.45) is 0.214. The van der Waals surface area contributed by atoms with E-state index < -0.39 is 0 Å². The fourth-order valence-electron chi connectivity index (χ4n) is 2.05. The Labute approximate surface area is 85.1 Å². The van der Waals surface area contributed by atoms with E-state index in [4.69, 9.17) is 10.5 Å². The van der Waals surface area contributed by atoms with Crippen molar-refractivity contribution in [2.45, 2.75) is 26.0 Å². The van der Waals surface area contributed by atoms with E-state index in [-0.39, 0.29) is 12.1 Å². The van der Waals surface area contributed by atoms with Crippen molar-refractivity contribution in [2.24, 2.45) is 11.7 Å². The van der Waals surface area contributed by atoms with Crippen molar-refractivity contribution in [1.29, 1.82) is 0 Å². The van der Waals surface area contributed by atoms with E-state index in [1.165, 1.54) is 11.1 Å². The van der Waals surface area contributed by atoms with Crippen LogP contribution in [-0.2, 0) is 4.74 Å². The largest absolute Gasteiger partial charge is 0.371 e. The zero-order valence-electron chi connectivity index (χ0n) is 8.73. The average molecular weight is 191 g/mol. The molecule has 1 aliphatic heterocycles. The van der Waals surface area contributed by atoms with Crippen molar-refractivity contribution >= 4 is 0 Å². The lowest BCUT2D eigenvalue weighted by molar-refractivity contribution is -0.000484. The molecule has 14 heavy (non-hydrogen) atoms. The van der Waals surface area contributed by atoms with Crippen molar-refractivity contribution in [2.75, 3.05) is 6.61 Å². The SMILES string of the molecule is CC(C)C1OCC(N)c2ccccc21. The highest BCUT2D eigenvalue weighted by atomic mass is 16.5. The Morgan fingerprint density at radius 3 is 2.57 bits per heavy atom. The average Bonchev–Trinajstić information content (AvgIpc) is 2.18. The van der Waals surface area contributed by atoms with Gasteiger partial charge in [-0.05, 0) is 17.0 Å². The Hall–Kier alpha value is -0.860. The number of rotatable bonds is 1. The molecule has 76 valence electrons. The molecule has 1 aromatic carbocycles. The molecule has 0 aromatic heterocycles. The predicted molar refractivity (Wildman–Crippen MR) is 56.9 cm³/mol. The summed E-state index contributed by atoms with van der Waals surface area (Å²) >= 11 is 0. The molecule has 1 heterocycles. The van der Waals surface area contributed by atoms with E-state index in [2.05, 4.69) is 32.0 Å². The Morgan fingerprint density at radius 1 is 1.29 bits per heavy atom. The fraction of sp³-hybridized carbons (Fsp3) is 0.500. The van der Waals surface area contributed by atoms with E-state index in [9.17, 15) is 0 Å². The highest BCUT2D eigenvalue weighted by Crippen LogP contribution is 2.35. The molecule has 2 rings (SSSR count). The van der Waals surface area contributed by atoms with Crippen molar-refractivity contribution in [3.8, 4) is 0 Å². The summed E-state index contributed by atoms with van der Waals surface area (Å²) < 4.78 is 5.75. The van der Waals surface area contributed by atoms with Crippen LogP contribution >= 0.6 is 0 Å². The zero-order chi connectivity index (χ0) is 10.1. The molecule has 2 atom stereocenters. The third-order valence-corrected chi connectivity index (χ3v) is 2.76. The molecule has 0 amide bonds. The van der Waals surface area contributed by atoms with E-state index in [0.717, 1.165) is 0 Å². The Balaban J connectivity index is 2.41. The summed E-state index contributed by atoms with van der Waals surface area (Å²) in [7, 11) is 0. The van der Waals surface area contributed by atoms with Crippen LogP contribution in [0.4, 0.5) is 0 Å². The fourth-order valence-corrected chi connectivity index (χ4v) is 2.05. The number of fused-ring (bicyclic) bond motifs is 1. The minimum Gasteiger partial charge on any atom is -0.371 e. The van der Waals surface area contributed by atoms with Gasteiger partial charge in [0.05, 0.1) is 18.8 Å². The molecule has 1 aromatic rings. The van der Waals surface area contributed by atoms with Crippen LogP contribution in [0.1, 0.15) is 37.1 Å². The molecule has 2 heteroatoms. The highest BCUT2D eigenvalue weighted by Gasteiger charge is 2.27. The van der Waals surface area contributed by atoms with Gasteiger partial charge in [-0.3, -0.25) is 0 Å². The van der Waals surface area contributed by atoms with Crippen molar-refractivity contribution in [3.63, 3.8) is 0 Å². The molecule has 0 spiro atoms. The Bertz CT molecular complexity index is 322. The van der Waals surface area contributed by atoms with Gasteiger partial charge in [-0.1, -0.05) is 38.1 Å². The second kappa shape index (κ2) is 3.71. The Kier molecular flexibility index (Phi) is 2.57. The topological polar surface area (TPSA) is 35.2 Å². The minimum atomic E-state index is 0.0428. The van der Waals surface area contributed by atoms with Gasteiger partial charge in [-0.15, -0.1) is 0 Å². The lowest BCUT2D eigenvalue weighted by Crippen LogP contribution is -2.28. The quantitative estimate of drug-likeness (QED) is 0.739. The first-order chi connectivity index (χ1) is 6.70. The van der Waals surface area contributed by atoms with Gasteiger partial charge in [0, 0.05) is 0 Å². The zero-order valence-corrected chi connectivity index (χ0v) is 8.73. The maximum atomic E-state index is 5.98. The first-order valence-corrected chi connectivity index (χ1v) is 5.16. The van der Waals surface area contributed by atoms with E-state index in [0.29, 0.717) is 12.5 Å². The van der Waals surface area contributed by atoms with Crippen molar-refractivity contribution in [1.82, 2.24) is 0 Å². The molecular formula is C12H17NO. The molecule has 2 N–H and O–H groups in total. The molecule has 0 saturated heterocycles. The number of nitrogens with two attached hydrogens (primary N) is 1. The number of ether oxygens (including phenoxy) is 1. The number of hydrogen-bond acceptors (Lipinski definition) is 2. The highest BCUT2D eigenvalue weighted by molar-refractivity contribution is 5.33. The van der Waals surface area contributed by atoms with E-state index in [1.54, 1.807) is 0 Å². The molecule has 1 aliphatic rings. The second-order valence-corrected chi connectivity index (χ2v) is 4.23. The number of hydrogen-bond donors (Lipinski definition) is 1. The van der Waals surface area contributed by atoms with Crippen molar-refractivity contribution in [3.05, 3.63) is 35.4 Å². The molecule has 2 nitrogen and oxygen atoms in total.